The van der Waals surface area contributed by atoms with Crippen LogP contribution in [0.15, 0.2) is 34.9 Å². The van der Waals surface area contributed by atoms with Gasteiger partial charge in [0.25, 0.3) is 0 Å². The van der Waals surface area contributed by atoms with E-state index in [9.17, 15) is 9.18 Å². The van der Waals surface area contributed by atoms with Crippen molar-refractivity contribution in [1.82, 2.24) is 5.43 Å². The number of carbonyl (C=O) groups excluding carboxylic acids is 1. The minimum atomic E-state index is -0.626. The van der Waals surface area contributed by atoms with Gasteiger partial charge in [0.15, 0.2) is 0 Å². The van der Waals surface area contributed by atoms with Crippen LogP contribution < -0.4 is 21.3 Å². The van der Waals surface area contributed by atoms with Gasteiger partial charge in [-0.15, -0.1) is 0 Å². The van der Waals surface area contributed by atoms with Crippen LogP contribution in [0, 0.1) is 12.7 Å². The van der Waals surface area contributed by atoms with Gasteiger partial charge in [-0.1, -0.05) is 0 Å². The van der Waals surface area contributed by atoms with Gasteiger partial charge in [0.1, 0.15) is 23.9 Å². The van der Waals surface area contributed by atoms with Crippen LogP contribution >= 0.6 is 0 Å². The van der Waals surface area contributed by atoms with Crippen LogP contribution in [0.25, 0.3) is 0 Å². The van der Waals surface area contributed by atoms with Crippen LogP contribution in [-0.2, 0) is 6.61 Å². The molecule has 0 aliphatic rings. The highest BCUT2D eigenvalue weighted by atomic mass is 19.1. The van der Waals surface area contributed by atoms with E-state index in [1.165, 1.54) is 18.4 Å². The molecule has 0 radical (unpaired) electrons. The summed E-state index contributed by atoms with van der Waals surface area (Å²) in [6.07, 6.45) is 1.51. The number of rotatable bonds is 4. The third-order valence-electron chi connectivity index (χ3n) is 2.66. The van der Waals surface area contributed by atoms with Gasteiger partial charge in [-0.25, -0.2) is 15.0 Å². The molecule has 7 heteroatoms. The van der Waals surface area contributed by atoms with Crippen molar-refractivity contribution in [2.75, 3.05) is 5.32 Å². The van der Waals surface area contributed by atoms with E-state index >= 15 is 0 Å². The molecule has 1 heterocycles. The minimum absolute atomic E-state index is 0.121. The molecule has 0 unspecified atom stereocenters. The van der Waals surface area contributed by atoms with Gasteiger partial charge in [-0.2, -0.15) is 0 Å². The third-order valence-corrected chi connectivity index (χ3v) is 2.66. The van der Waals surface area contributed by atoms with E-state index in [0.717, 1.165) is 0 Å². The molecule has 2 amide bonds. The number of urea groups is 1. The fraction of sp³-hybridized carbons (Fsp3) is 0.154. The number of hydrogen-bond acceptors (Lipinski definition) is 4. The van der Waals surface area contributed by atoms with Crippen LogP contribution in [0.4, 0.5) is 14.9 Å². The van der Waals surface area contributed by atoms with Gasteiger partial charge < -0.3 is 14.5 Å². The second-order valence-electron chi connectivity index (χ2n) is 4.02. The average Bonchev–Trinajstić information content (AvgIpc) is 2.95. The summed E-state index contributed by atoms with van der Waals surface area (Å²) in [5.74, 6) is 5.38. The Kier molecular flexibility index (Phi) is 4.21. The minimum Gasteiger partial charge on any atom is -0.483 e. The zero-order valence-electron chi connectivity index (χ0n) is 10.8. The number of halogens is 1. The number of ether oxygens (including phenoxy) is 1. The van der Waals surface area contributed by atoms with Crippen molar-refractivity contribution in [2.45, 2.75) is 13.5 Å². The molecule has 0 spiro atoms. The summed E-state index contributed by atoms with van der Waals surface area (Å²) in [5.41, 5.74) is 2.53. The molecule has 0 bridgehead atoms. The van der Waals surface area contributed by atoms with E-state index in [4.69, 9.17) is 15.0 Å². The van der Waals surface area contributed by atoms with E-state index in [-0.39, 0.29) is 17.9 Å². The molecule has 0 atom stereocenters. The summed E-state index contributed by atoms with van der Waals surface area (Å²) < 4.78 is 24.2. The topological polar surface area (TPSA) is 89.5 Å². The maximum absolute atomic E-state index is 13.6. The maximum Gasteiger partial charge on any atom is 0.333 e. The number of carbonyl (C=O) groups is 1. The molecular weight excluding hydrogens is 265 g/mol. The average molecular weight is 279 g/mol. The van der Waals surface area contributed by atoms with E-state index in [0.29, 0.717) is 11.4 Å². The lowest BCUT2D eigenvalue weighted by Gasteiger charge is -2.14. The van der Waals surface area contributed by atoms with Crippen molar-refractivity contribution in [3.63, 3.8) is 0 Å². The molecule has 4 N–H and O–H groups in total. The van der Waals surface area contributed by atoms with Gasteiger partial charge in [-0.05, 0) is 31.2 Å². The molecule has 106 valence electrons. The Morgan fingerprint density at radius 3 is 2.90 bits per heavy atom. The van der Waals surface area contributed by atoms with E-state index in [2.05, 4.69) is 5.32 Å². The quantitative estimate of drug-likeness (QED) is 0.455. The largest absolute Gasteiger partial charge is 0.483 e. The summed E-state index contributed by atoms with van der Waals surface area (Å²) in [7, 11) is 0. The molecule has 2 aromatic rings. The number of nitrogens with two attached hydrogens (primary N) is 1. The first-order valence-corrected chi connectivity index (χ1v) is 5.83. The second-order valence-corrected chi connectivity index (χ2v) is 4.02. The second kappa shape index (κ2) is 6.07. The molecule has 20 heavy (non-hydrogen) atoms. The van der Waals surface area contributed by atoms with Gasteiger partial charge in [0, 0.05) is 5.56 Å². The van der Waals surface area contributed by atoms with Gasteiger partial charge >= 0.3 is 6.03 Å². The summed E-state index contributed by atoms with van der Waals surface area (Å²) in [4.78, 5) is 11.2. The Morgan fingerprint density at radius 1 is 1.45 bits per heavy atom. The molecule has 1 aromatic carbocycles. The monoisotopic (exact) mass is 279 g/mol. The lowest BCUT2D eigenvalue weighted by Crippen LogP contribution is -2.34. The first kappa shape index (κ1) is 13.9. The van der Waals surface area contributed by atoms with Crippen LogP contribution in [0.2, 0.25) is 0 Å². The Hall–Kier alpha value is -2.54. The van der Waals surface area contributed by atoms with Crippen molar-refractivity contribution in [1.29, 1.82) is 0 Å². The number of benzene rings is 1. The summed E-state index contributed by atoms with van der Waals surface area (Å²) in [6, 6.07) is 5.46. The van der Waals surface area contributed by atoms with Crippen LogP contribution in [0.5, 0.6) is 5.75 Å². The summed E-state index contributed by atoms with van der Waals surface area (Å²) >= 11 is 0. The van der Waals surface area contributed by atoms with Gasteiger partial charge in [0.2, 0.25) is 0 Å². The molecule has 0 saturated carbocycles. The van der Waals surface area contributed by atoms with E-state index < -0.39 is 11.8 Å². The number of hydrazine groups is 1. The van der Waals surface area contributed by atoms with Crippen molar-refractivity contribution in [2.24, 2.45) is 5.84 Å². The number of furan rings is 1. The molecule has 0 fully saturated rings. The Labute approximate surface area is 114 Å². The Bertz CT molecular complexity index is 599. The van der Waals surface area contributed by atoms with E-state index in [1.54, 1.807) is 19.1 Å². The first-order valence-electron chi connectivity index (χ1n) is 5.83. The zero-order chi connectivity index (χ0) is 14.5. The first-order chi connectivity index (χ1) is 9.61. The third kappa shape index (κ3) is 3.07. The number of amides is 2. The lowest BCUT2D eigenvalue weighted by atomic mass is 10.2. The highest BCUT2D eigenvalue weighted by molar-refractivity contribution is 5.90. The van der Waals surface area contributed by atoms with E-state index in [1.807, 2.05) is 5.43 Å². The fourth-order valence-corrected chi connectivity index (χ4v) is 1.65. The van der Waals surface area contributed by atoms with Crippen LogP contribution in [0.1, 0.15) is 11.3 Å². The Morgan fingerprint density at radius 2 is 2.25 bits per heavy atom. The maximum atomic E-state index is 13.6. The predicted octanol–water partition coefficient (Wildman–Crippen LogP) is 2.30. The van der Waals surface area contributed by atoms with Gasteiger partial charge in [0.05, 0.1) is 12.0 Å². The molecule has 1 aromatic heterocycles. The highest BCUT2D eigenvalue weighted by Crippen LogP contribution is 2.31. The summed E-state index contributed by atoms with van der Waals surface area (Å²) in [6.45, 7) is 1.68. The summed E-state index contributed by atoms with van der Waals surface area (Å²) in [5, 5.41) is 2.46. The molecule has 6 nitrogen and oxygen atoms in total. The van der Waals surface area contributed by atoms with Crippen LogP contribution in [0.3, 0.4) is 0 Å². The van der Waals surface area contributed by atoms with Gasteiger partial charge in [-0.3, -0.25) is 5.43 Å². The smallest absolute Gasteiger partial charge is 0.333 e. The van der Waals surface area contributed by atoms with Crippen molar-refractivity contribution < 1.29 is 18.3 Å². The predicted molar refractivity (Wildman–Crippen MR) is 70.5 cm³/mol. The Balaban J connectivity index is 2.23. The number of hydrogen-bond donors (Lipinski definition) is 3. The van der Waals surface area contributed by atoms with Crippen molar-refractivity contribution >= 4 is 11.7 Å². The molecular formula is C13H14FN3O3. The van der Waals surface area contributed by atoms with Crippen molar-refractivity contribution in [3.8, 4) is 5.75 Å². The standard InChI is InChI=1S/C13H14FN3O3/c1-8-10(14)4-5-11(16-13(18)17-15)12(8)20-7-9-3-2-6-19-9/h2-6H,7,15H2,1H3,(H2,16,17,18). The molecule has 0 aliphatic carbocycles. The zero-order valence-corrected chi connectivity index (χ0v) is 10.8. The number of nitrogens with one attached hydrogen (secondary N) is 2. The fourth-order valence-electron chi connectivity index (χ4n) is 1.65. The normalized spacial score (nSPS) is 10.2. The SMILES string of the molecule is Cc1c(F)ccc(NC(=O)NN)c1OCc1ccco1. The molecule has 2 rings (SSSR count). The number of anilines is 1. The lowest BCUT2D eigenvalue weighted by molar-refractivity contribution is 0.251. The van der Waals surface area contributed by atoms with Crippen molar-refractivity contribution in [3.05, 3.63) is 47.7 Å². The molecule has 0 aliphatic heterocycles. The highest BCUT2D eigenvalue weighted by Gasteiger charge is 2.14. The van der Waals surface area contributed by atoms with Crippen LogP contribution in [-0.4, -0.2) is 6.03 Å². The molecule has 0 saturated heterocycles.